The molecule has 0 N–H and O–H groups in total. The number of carbonyl (C=O) groups is 1. The van der Waals surface area contributed by atoms with Crippen LogP contribution in [0, 0.1) is 6.92 Å². The largest absolute Gasteiger partial charge is 0.436 e. The molecule has 0 bridgehead atoms. The zero-order chi connectivity index (χ0) is 12.4. The Bertz CT molecular complexity index is 282. The van der Waals surface area contributed by atoms with E-state index >= 15 is 0 Å². The lowest BCUT2D eigenvalue weighted by atomic mass is 10.2. The van der Waals surface area contributed by atoms with Crippen molar-refractivity contribution in [1.29, 1.82) is 0 Å². The minimum atomic E-state index is -0.410. The van der Waals surface area contributed by atoms with E-state index in [-0.39, 0.29) is 5.97 Å². The molecule has 16 heavy (non-hydrogen) atoms. The van der Waals surface area contributed by atoms with Crippen LogP contribution in [0.25, 0.3) is 0 Å². The molecule has 0 saturated carbocycles. The summed E-state index contributed by atoms with van der Waals surface area (Å²) in [6, 6.07) is 10.3. The number of carbonyl (C=O) groups excluding carboxylic acids is 1. The van der Waals surface area contributed by atoms with E-state index in [1.54, 1.807) is 6.92 Å². The van der Waals surface area contributed by atoms with Crippen LogP contribution in [-0.2, 0) is 14.3 Å². The van der Waals surface area contributed by atoms with Crippen molar-refractivity contribution >= 4 is 5.97 Å². The van der Waals surface area contributed by atoms with Gasteiger partial charge < -0.3 is 9.47 Å². The predicted octanol–water partition coefficient (Wildman–Crippen LogP) is 2.93. The molecule has 0 aliphatic rings. The van der Waals surface area contributed by atoms with Gasteiger partial charge in [0.15, 0.2) is 6.29 Å². The Balaban J connectivity index is 0.000000288. The summed E-state index contributed by atoms with van der Waals surface area (Å²) in [6.07, 6.45) is -0.410. The van der Waals surface area contributed by atoms with Crippen LogP contribution in [0.1, 0.15) is 26.3 Å². The van der Waals surface area contributed by atoms with Gasteiger partial charge in [-0.3, -0.25) is 4.79 Å². The first-order valence-electron chi connectivity index (χ1n) is 5.36. The summed E-state index contributed by atoms with van der Waals surface area (Å²) in [6.45, 7) is 7.54. The molecule has 0 aliphatic carbocycles. The minimum Gasteiger partial charge on any atom is -0.436 e. The average Bonchev–Trinajstić information content (AvgIpc) is 2.18. The fourth-order valence-corrected chi connectivity index (χ4v) is 1.04. The Morgan fingerprint density at radius 3 is 2.19 bits per heavy atom. The summed E-state index contributed by atoms with van der Waals surface area (Å²) >= 11 is 0. The van der Waals surface area contributed by atoms with Gasteiger partial charge in [-0.05, 0) is 20.8 Å². The Morgan fingerprint density at radius 2 is 1.88 bits per heavy atom. The minimum absolute atomic E-state index is 0.309. The van der Waals surface area contributed by atoms with E-state index in [4.69, 9.17) is 4.74 Å². The second-order valence-corrected chi connectivity index (χ2v) is 3.29. The predicted molar refractivity (Wildman–Crippen MR) is 64.0 cm³/mol. The molecular formula is C13H20O3. The lowest BCUT2D eigenvalue weighted by molar-refractivity contribution is -0.171. The molecule has 90 valence electrons. The highest BCUT2D eigenvalue weighted by Crippen LogP contribution is 1.92. The van der Waals surface area contributed by atoms with Gasteiger partial charge in [-0.25, -0.2) is 0 Å². The van der Waals surface area contributed by atoms with Crippen LogP contribution < -0.4 is 0 Å². The molecule has 0 amide bonds. The number of hydrogen-bond acceptors (Lipinski definition) is 3. The van der Waals surface area contributed by atoms with Crippen molar-refractivity contribution in [3.05, 3.63) is 35.9 Å². The number of hydrogen-bond donors (Lipinski definition) is 0. The molecule has 1 atom stereocenters. The van der Waals surface area contributed by atoms with Gasteiger partial charge in [-0.2, -0.15) is 0 Å². The number of benzene rings is 1. The summed E-state index contributed by atoms with van der Waals surface area (Å²) in [7, 11) is 0. The molecule has 1 rings (SSSR count). The summed E-state index contributed by atoms with van der Waals surface area (Å²) in [5.74, 6) is -0.309. The second kappa shape index (κ2) is 8.92. The molecule has 1 aromatic carbocycles. The maximum Gasteiger partial charge on any atom is 0.304 e. The molecule has 3 heteroatoms. The number of rotatable bonds is 3. The topological polar surface area (TPSA) is 35.5 Å². The highest BCUT2D eigenvalue weighted by Gasteiger charge is 2.01. The van der Waals surface area contributed by atoms with Gasteiger partial charge in [-0.1, -0.05) is 35.9 Å². The summed E-state index contributed by atoms with van der Waals surface area (Å²) in [4.78, 5) is 10.2. The molecule has 0 heterocycles. The molecule has 0 fully saturated rings. The molecular weight excluding hydrogens is 204 g/mol. The van der Waals surface area contributed by atoms with Crippen LogP contribution in [-0.4, -0.2) is 18.9 Å². The fourth-order valence-electron chi connectivity index (χ4n) is 1.04. The van der Waals surface area contributed by atoms with Crippen LogP contribution in [0.5, 0.6) is 0 Å². The van der Waals surface area contributed by atoms with Crippen molar-refractivity contribution in [2.24, 2.45) is 0 Å². The second-order valence-electron chi connectivity index (χ2n) is 3.29. The Kier molecular flexibility index (Phi) is 8.17. The Morgan fingerprint density at radius 1 is 1.31 bits per heavy atom. The van der Waals surface area contributed by atoms with Gasteiger partial charge in [-0.15, -0.1) is 0 Å². The van der Waals surface area contributed by atoms with E-state index in [1.165, 1.54) is 12.5 Å². The first kappa shape index (κ1) is 14.6. The smallest absolute Gasteiger partial charge is 0.304 e. The lowest BCUT2D eigenvalue weighted by Gasteiger charge is -2.09. The molecule has 3 nitrogen and oxygen atoms in total. The maximum atomic E-state index is 10.2. The van der Waals surface area contributed by atoms with E-state index in [0.29, 0.717) is 6.61 Å². The van der Waals surface area contributed by atoms with Gasteiger partial charge in [0.1, 0.15) is 0 Å². The van der Waals surface area contributed by atoms with Crippen molar-refractivity contribution in [3.8, 4) is 0 Å². The Labute approximate surface area is 97.4 Å². The SMILES string of the molecule is CCOC(C)OC(C)=O.Cc1ccccc1. The highest BCUT2D eigenvalue weighted by atomic mass is 16.7. The molecule has 1 unspecified atom stereocenters. The maximum absolute atomic E-state index is 10.2. The third kappa shape index (κ3) is 9.21. The zero-order valence-corrected chi connectivity index (χ0v) is 10.4. The zero-order valence-electron chi connectivity index (χ0n) is 10.4. The summed E-state index contributed by atoms with van der Waals surface area (Å²) < 4.78 is 9.54. The molecule has 0 radical (unpaired) electrons. The first-order chi connectivity index (χ1) is 7.56. The van der Waals surface area contributed by atoms with Crippen molar-refractivity contribution < 1.29 is 14.3 Å². The van der Waals surface area contributed by atoms with Crippen molar-refractivity contribution in [1.82, 2.24) is 0 Å². The molecule has 0 saturated heterocycles. The summed E-state index contributed by atoms with van der Waals surface area (Å²) in [5, 5.41) is 0. The third-order valence-electron chi connectivity index (χ3n) is 1.67. The fraction of sp³-hybridized carbons (Fsp3) is 0.462. The first-order valence-corrected chi connectivity index (χ1v) is 5.36. The van der Waals surface area contributed by atoms with E-state index in [2.05, 4.69) is 23.8 Å². The van der Waals surface area contributed by atoms with E-state index < -0.39 is 6.29 Å². The highest BCUT2D eigenvalue weighted by molar-refractivity contribution is 5.65. The van der Waals surface area contributed by atoms with Crippen molar-refractivity contribution in [3.63, 3.8) is 0 Å². The molecule has 0 aromatic heterocycles. The van der Waals surface area contributed by atoms with Crippen LogP contribution in [0.3, 0.4) is 0 Å². The van der Waals surface area contributed by atoms with Gasteiger partial charge in [0.25, 0.3) is 0 Å². The van der Waals surface area contributed by atoms with Crippen molar-refractivity contribution in [2.75, 3.05) is 6.61 Å². The molecule has 0 spiro atoms. The van der Waals surface area contributed by atoms with E-state index in [9.17, 15) is 4.79 Å². The average molecular weight is 224 g/mol. The number of aryl methyl sites for hydroxylation is 1. The van der Waals surface area contributed by atoms with Crippen LogP contribution in [0.15, 0.2) is 30.3 Å². The molecule has 0 aliphatic heterocycles. The van der Waals surface area contributed by atoms with Crippen LogP contribution in [0.2, 0.25) is 0 Å². The Hall–Kier alpha value is -1.35. The number of esters is 1. The molecule has 1 aromatic rings. The van der Waals surface area contributed by atoms with Gasteiger partial charge in [0.2, 0.25) is 0 Å². The monoisotopic (exact) mass is 224 g/mol. The normalized spacial score (nSPS) is 11.0. The van der Waals surface area contributed by atoms with Gasteiger partial charge in [0.05, 0.1) is 0 Å². The van der Waals surface area contributed by atoms with Crippen molar-refractivity contribution in [2.45, 2.75) is 34.0 Å². The van der Waals surface area contributed by atoms with E-state index in [1.807, 2.05) is 25.1 Å². The van der Waals surface area contributed by atoms with Crippen LogP contribution >= 0.6 is 0 Å². The number of ether oxygens (including phenoxy) is 2. The van der Waals surface area contributed by atoms with Gasteiger partial charge in [0, 0.05) is 13.5 Å². The third-order valence-corrected chi connectivity index (χ3v) is 1.67. The standard InChI is InChI=1S/C7H8.C6H12O3/c1-7-5-3-2-4-6-7;1-4-8-6(3)9-5(2)7/h2-6H,1H3;6H,4H2,1-3H3. The lowest BCUT2D eigenvalue weighted by Crippen LogP contribution is -2.15. The summed E-state index contributed by atoms with van der Waals surface area (Å²) in [5.41, 5.74) is 1.32. The quantitative estimate of drug-likeness (QED) is 0.585. The van der Waals surface area contributed by atoms with E-state index in [0.717, 1.165) is 0 Å². The van der Waals surface area contributed by atoms with Crippen LogP contribution in [0.4, 0.5) is 0 Å². The van der Waals surface area contributed by atoms with Gasteiger partial charge >= 0.3 is 5.97 Å².